The van der Waals surface area contributed by atoms with Gasteiger partial charge >= 0.3 is 0 Å². The highest BCUT2D eigenvalue weighted by Gasteiger charge is 2.12. The molecular weight excluding hydrogens is 232 g/mol. The summed E-state index contributed by atoms with van der Waals surface area (Å²) in [6.07, 6.45) is 0. The molecule has 1 unspecified atom stereocenters. The van der Waals surface area contributed by atoms with Gasteiger partial charge in [-0.1, -0.05) is 25.4 Å². The van der Waals surface area contributed by atoms with Gasteiger partial charge in [0.1, 0.15) is 0 Å². The van der Waals surface area contributed by atoms with Gasteiger partial charge in [0.05, 0.1) is 0 Å². The van der Waals surface area contributed by atoms with E-state index >= 15 is 0 Å². The summed E-state index contributed by atoms with van der Waals surface area (Å²) in [5.41, 5.74) is 2.38. The number of anilines is 1. The Hall–Kier alpha value is -0.730. The fraction of sp³-hybridized carbons (Fsp3) is 0.571. The number of aryl methyl sites for hydroxylation is 1. The molecule has 96 valence electrons. The standard InChI is InChI=1S/C14H23ClN2/c1-10(2)12(8-16-4)9-17-14-6-5-13(15)7-11(14)3/h5-7,10,12,16-17H,8-9H2,1-4H3. The highest BCUT2D eigenvalue weighted by Crippen LogP contribution is 2.20. The van der Waals surface area contributed by atoms with Gasteiger partial charge in [-0.05, 0) is 56.1 Å². The van der Waals surface area contributed by atoms with E-state index in [4.69, 9.17) is 11.6 Å². The highest BCUT2D eigenvalue weighted by molar-refractivity contribution is 6.30. The van der Waals surface area contributed by atoms with Crippen LogP contribution in [0.2, 0.25) is 5.02 Å². The van der Waals surface area contributed by atoms with E-state index in [1.165, 1.54) is 11.3 Å². The zero-order chi connectivity index (χ0) is 12.8. The number of hydrogen-bond acceptors (Lipinski definition) is 2. The molecule has 0 fully saturated rings. The molecular formula is C14H23ClN2. The number of halogens is 1. The first-order chi connectivity index (χ1) is 8.04. The molecule has 0 saturated carbocycles. The fourth-order valence-corrected chi connectivity index (χ4v) is 2.10. The predicted octanol–water partition coefficient (Wildman–Crippen LogP) is 3.55. The van der Waals surface area contributed by atoms with Gasteiger partial charge < -0.3 is 10.6 Å². The Morgan fingerprint density at radius 3 is 2.47 bits per heavy atom. The van der Waals surface area contributed by atoms with Gasteiger partial charge in [-0.25, -0.2) is 0 Å². The second kappa shape index (κ2) is 6.87. The molecule has 1 atom stereocenters. The van der Waals surface area contributed by atoms with E-state index in [0.717, 1.165) is 18.1 Å². The first kappa shape index (κ1) is 14.3. The van der Waals surface area contributed by atoms with Crippen molar-refractivity contribution in [2.75, 3.05) is 25.5 Å². The second-order valence-corrected chi connectivity index (χ2v) is 5.34. The van der Waals surface area contributed by atoms with Gasteiger partial charge in [-0.3, -0.25) is 0 Å². The van der Waals surface area contributed by atoms with Crippen LogP contribution in [0.4, 0.5) is 5.69 Å². The molecule has 0 amide bonds. The maximum Gasteiger partial charge on any atom is 0.0410 e. The van der Waals surface area contributed by atoms with Crippen LogP contribution >= 0.6 is 11.6 Å². The number of rotatable bonds is 6. The topological polar surface area (TPSA) is 24.1 Å². The van der Waals surface area contributed by atoms with Crippen LogP contribution in [0, 0.1) is 18.8 Å². The Bertz CT molecular complexity index is 350. The second-order valence-electron chi connectivity index (χ2n) is 4.90. The molecule has 0 saturated heterocycles. The summed E-state index contributed by atoms with van der Waals surface area (Å²) in [6.45, 7) is 8.63. The van der Waals surface area contributed by atoms with Crippen LogP contribution in [-0.2, 0) is 0 Å². The summed E-state index contributed by atoms with van der Waals surface area (Å²) in [6, 6.07) is 5.97. The molecule has 0 aliphatic carbocycles. The smallest absolute Gasteiger partial charge is 0.0410 e. The van der Waals surface area contributed by atoms with E-state index in [1.807, 2.05) is 19.2 Å². The zero-order valence-corrected chi connectivity index (χ0v) is 11.9. The van der Waals surface area contributed by atoms with E-state index in [-0.39, 0.29) is 0 Å². The molecule has 1 rings (SSSR count). The van der Waals surface area contributed by atoms with Gasteiger partial charge in [0.2, 0.25) is 0 Å². The molecule has 1 aromatic carbocycles. The average Bonchev–Trinajstić information content (AvgIpc) is 2.25. The van der Waals surface area contributed by atoms with Gasteiger partial charge in [-0.2, -0.15) is 0 Å². The minimum atomic E-state index is 0.634. The van der Waals surface area contributed by atoms with Crippen molar-refractivity contribution in [3.8, 4) is 0 Å². The molecule has 0 aliphatic heterocycles. The van der Waals surface area contributed by atoms with Crippen LogP contribution in [0.3, 0.4) is 0 Å². The van der Waals surface area contributed by atoms with E-state index in [0.29, 0.717) is 11.8 Å². The quantitative estimate of drug-likeness (QED) is 0.811. The molecule has 0 aliphatic rings. The summed E-state index contributed by atoms with van der Waals surface area (Å²) in [4.78, 5) is 0. The zero-order valence-electron chi connectivity index (χ0n) is 11.2. The lowest BCUT2D eigenvalue weighted by Crippen LogP contribution is -2.29. The van der Waals surface area contributed by atoms with Crippen LogP contribution in [0.15, 0.2) is 18.2 Å². The van der Waals surface area contributed by atoms with Crippen LogP contribution in [0.25, 0.3) is 0 Å². The minimum absolute atomic E-state index is 0.634. The van der Waals surface area contributed by atoms with Gasteiger partial charge in [0.25, 0.3) is 0 Å². The Morgan fingerprint density at radius 1 is 1.24 bits per heavy atom. The monoisotopic (exact) mass is 254 g/mol. The maximum atomic E-state index is 5.94. The molecule has 0 spiro atoms. The molecule has 2 N–H and O–H groups in total. The largest absolute Gasteiger partial charge is 0.384 e. The van der Waals surface area contributed by atoms with Crippen molar-refractivity contribution in [3.05, 3.63) is 28.8 Å². The number of nitrogens with one attached hydrogen (secondary N) is 2. The van der Waals surface area contributed by atoms with Crippen molar-refractivity contribution in [1.82, 2.24) is 5.32 Å². The summed E-state index contributed by atoms with van der Waals surface area (Å²) in [5.74, 6) is 1.30. The molecule has 0 bridgehead atoms. The normalized spacial score (nSPS) is 12.8. The third-order valence-corrected chi connectivity index (χ3v) is 3.39. The van der Waals surface area contributed by atoms with E-state index in [2.05, 4.69) is 37.5 Å². The molecule has 1 aromatic rings. The van der Waals surface area contributed by atoms with E-state index in [1.54, 1.807) is 0 Å². The Balaban J connectivity index is 2.59. The molecule has 0 radical (unpaired) electrons. The first-order valence-corrected chi connectivity index (χ1v) is 6.57. The Labute approximate surface area is 110 Å². The average molecular weight is 255 g/mol. The Kier molecular flexibility index (Phi) is 5.79. The summed E-state index contributed by atoms with van der Waals surface area (Å²) in [5, 5.41) is 7.55. The number of hydrogen-bond donors (Lipinski definition) is 2. The van der Waals surface area contributed by atoms with Gasteiger partial charge in [0.15, 0.2) is 0 Å². The minimum Gasteiger partial charge on any atom is -0.384 e. The van der Waals surface area contributed by atoms with Crippen molar-refractivity contribution >= 4 is 17.3 Å². The molecule has 17 heavy (non-hydrogen) atoms. The lowest BCUT2D eigenvalue weighted by molar-refractivity contribution is 0.390. The first-order valence-electron chi connectivity index (χ1n) is 6.19. The van der Waals surface area contributed by atoms with Gasteiger partial charge in [0, 0.05) is 17.3 Å². The molecule has 0 heterocycles. The summed E-state index contributed by atoms with van der Waals surface area (Å²) in [7, 11) is 2.00. The lowest BCUT2D eigenvalue weighted by atomic mass is 9.95. The van der Waals surface area contributed by atoms with Gasteiger partial charge in [-0.15, -0.1) is 0 Å². The van der Waals surface area contributed by atoms with Crippen LogP contribution in [0.1, 0.15) is 19.4 Å². The van der Waals surface area contributed by atoms with Crippen molar-refractivity contribution in [3.63, 3.8) is 0 Å². The summed E-state index contributed by atoms with van der Waals surface area (Å²) >= 11 is 5.94. The van der Waals surface area contributed by atoms with Crippen LogP contribution in [-0.4, -0.2) is 20.1 Å². The maximum absolute atomic E-state index is 5.94. The predicted molar refractivity (Wildman–Crippen MR) is 76.9 cm³/mol. The fourth-order valence-electron chi connectivity index (χ4n) is 1.87. The van der Waals surface area contributed by atoms with Crippen LogP contribution in [0.5, 0.6) is 0 Å². The molecule has 2 nitrogen and oxygen atoms in total. The molecule has 0 aromatic heterocycles. The third kappa shape index (κ3) is 4.57. The Morgan fingerprint density at radius 2 is 1.94 bits per heavy atom. The number of benzene rings is 1. The van der Waals surface area contributed by atoms with E-state index in [9.17, 15) is 0 Å². The van der Waals surface area contributed by atoms with Crippen LogP contribution < -0.4 is 10.6 Å². The molecule has 3 heteroatoms. The SMILES string of the molecule is CNCC(CNc1ccc(Cl)cc1C)C(C)C. The van der Waals surface area contributed by atoms with Crippen molar-refractivity contribution < 1.29 is 0 Å². The summed E-state index contributed by atoms with van der Waals surface area (Å²) < 4.78 is 0. The van der Waals surface area contributed by atoms with E-state index < -0.39 is 0 Å². The highest BCUT2D eigenvalue weighted by atomic mass is 35.5. The lowest BCUT2D eigenvalue weighted by Gasteiger charge is -2.22. The third-order valence-electron chi connectivity index (χ3n) is 3.15. The van der Waals surface area contributed by atoms with Crippen molar-refractivity contribution in [2.45, 2.75) is 20.8 Å². The van der Waals surface area contributed by atoms with Crippen molar-refractivity contribution in [1.29, 1.82) is 0 Å². The van der Waals surface area contributed by atoms with Crippen molar-refractivity contribution in [2.24, 2.45) is 11.8 Å².